The standard InChI is InChI=1S/C17H25BrO3Si/c1-11(18)7-13-8-15-9-14(13)10-17(15,16(19)20-3)12(2)21-22(4,5)6/h8,14-15H,1-2,7,9-10H2,3-6H3/t14-,15+,17-/m1/s1. The van der Waals surface area contributed by atoms with E-state index in [1.165, 1.54) is 12.7 Å². The zero-order valence-corrected chi connectivity index (χ0v) is 16.5. The van der Waals surface area contributed by atoms with Crippen LogP contribution in [-0.4, -0.2) is 21.4 Å². The normalized spacial score (nSPS) is 30.0. The highest BCUT2D eigenvalue weighted by Crippen LogP contribution is 2.60. The summed E-state index contributed by atoms with van der Waals surface area (Å²) in [7, 11) is -0.367. The Morgan fingerprint density at radius 3 is 2.50 bits per heavy atom. The van der Waals surface area contributed by atoms with Crippen molar-refractivity contribution in [2.45, 2.75) is 38.9 Å². The summed E-state index contributed by atoms with van der Waals surface area (Å²) >= 11 is 3.43. The molecule has 1 saturated carbocycles. The molecule has 2 bridgehead atoms. The molecule has 0 saturated heterocycles. The lowest BCUT2D eigenvalue weighted by Crippen LogP contribution is -2.42. The Morgan fingerprint density at radius 2 is 2.09 bits per heavy atom. The lowest BCUT2D eigenvalue weighted by molar-refractivity contribution is -0.153. The third-order valence-electron chi connectivity index (χ3n) is 4.55. The molecular formula is C17H25BrO3Si. The average Bonchev–Trinajstić information content (AvgIpc) is 2.92. The van der Waals surface area contributed by atoms with Crippen LogP contribution in [0, 0.1) is 17.3 Å². The Hall–Kier alpha value is -0.813. The van der Waals surface area contributed by atoms with Gasteiger partial charge in [-0.15, -0.1) is 0 Å². The maximum absolute atomic E-state index is 12.6. The molecule has 122 valence electrons. The van der Waals surface area contributed by atoms with Crippen LogP contribution in [0.1, 0.15) is 19.3 Å². The molecule has 3 atom stereocenters. The summed E-state index contributed by atoms with van der Waals surface area (Å²) in [5.74, 6) is 0.895. The zero-order chi connectivity index (χ0) is 16.7. The van der Waals surface area contributed by atoms with Gasteiger partial charge < -0.3 is 9.16 Å². The summed E-state index contributed by atoms with van der Waals surface area (Å²) in [5, 5.41) is 0. The number of rotatable bonds is 6. The van der Waals surface area contributed by atoms with Crippen LogP contribution in [-0.2, 0) is 14.0 Å². The minimum absolute atomic E-state index is 0.121. The van der Waals surface area contributed by atoms with Crippen molar-refractivity contribution in [1.29, 1.82) is 0 Å². The highest BCUT2D eigenvalue weighted by Gasteiger charge is 2.59. The maximum atomic E-state index is 12.6. The number of esters is 1. The number of methoxy groups -OCH3 is 1. The first-order valence-electron chi connectivity index (χ1n) is 7.61. The van der Waals surface area contributed by atoms with E-state index in [1.807, 2.05) is 0 Å². The van der Waals surface area contributed by atoms with Crippen LogP contribution in [0.5, 0.6) is 0 Å². The molecule has 0 heterocycles. The summed E-state index contributed by atoms with van der Waals surface area (Å²) in [6, 6.07) is 0. The van der Waals surface area contributed by atoms with Gasteiger partial charge in [-0.1, -0.05) is 40.7 Å². The molecule has 0 aromatic heterocycles. The lowest BCUT2D eigenvalue weighted by atomic mass is 9.72. The van der Waals surface area contributed by atoms with Gasteiger partial charge in [-0.25, -0.2) is 0 Å². The van der Waals surface area contributed by atoms with Gasteiger partial charge in [0.05, 0.1) is 12.9 Å². The van der Waals surface area contributed by atoms with Crippen molar-refractivity contribution < 1.29 is 14.0 Å². The largest absolute Gasteiger partial charge is 0.547 e. The Bertz CT molecular complexity index is 547. The number of fused-ring (bicyclic) bond motifs is 2. The molecule has 0 aliphatic heterocycles. The molecule has 0 spiro atoms. The molecule has 0 aromatic carbocycles. The predicted octanol–water partition coefficient (Wildman–Crippen LogP) is 4.78. The zero-order valence-electron chi connectivity index (χ0n) is 13.9. The van der Waals surface area contributed by atoms with E-state index >= 15 is 0 Å². The van der Waals surface area contributed by atoms with Gasteiger partial charge in [0.1, 0.15) is 5.41 Å². The predicted molar refractivity (Wildman–Crippen MR) is 95.0 cm³/mol. The summed E-state index contributed by atoms with van der Waals surface area (Å²) < 4.78 is 12.2. The Labute approximate surface area is 142 Å². The number of carbonyl (C=O) groups excluding carboxylic acids is 1. The van der Waals surface area contributed by atoms with Gasteiger partial charge in [0, 0.05) is 5.92 Å². The van der Waals surface area contributed by atoms with E-state index < -0.39 is 13.7 Å². The van der Waals surface area contributed by atoms with Gasteiger partial charge in [0.15, 0.2) is 0 Å². The molecule has 2 rings (SSSR count). The van der Waals surface area contributed by atoms with E-state index in [1.54, 1.807) is 0 Å². The second-order valence-corrected chi connectivity index (χ2v) is 12.8. The fraction of sp³-hybridized carbons (Fsp3) is 0.588. The van der Waals surface area contributed by atoms with E-state index in [9.17, 15) is 4.79 Å². The maximum Gasteiger partial charge on any atom is 0.320 e. The van der Waals surface area contributed by atoms with Crippen LogP contribution < -0.4 is 0 Å². The minimum atomic E-state index is -1.81. The molecule has 2 aliphatic carbocycles. The molecule has 1 fully saturated rings. The number of carbonyl (C=O) groups is 1. The Kier molecular flexibility index (Phi) is 4.79. The molecule has 0 N–H and O–H groups in total. The van der Waals surface area contributed by atoms with Crippen molar-refractivity contribution in [2.24, 2.45) is 17.3 Å². The van der Waals surface area contributed by atoms with Crippen LogP contribution >= 0.6 is 15.9 Å². The summed E-state index contributed by atoms with van der Waals surface area (Å²) in [5.41, 5.74) is 0.656. The van der Waals surface area contributed by atoms with Gasteiger partial charge in [-0.05, 0) is 49.3 Å². The molecule has 0 radical (unpaired) electrons. The molecule has 22 heavy (non-hydrogen) atoms. The van der Waals surface area contributed by atoms with Gasteiger partial charge in [0.25, 0.3) is 0 Å². The highest BCUT2D eigenvalue weighted by molar-refractivity contribution is 9.11. The number of halogens is 1. The minimum Gasteiger partial charge on any atom is -0.547 e. The van der Waals surface area contributed by atoms with Crippen molar-refractivity contribution in [3.63, 3.8) is 0 Å². The van der Waals surface area contributed by atoms with E-state index in [0.717, 1.165) is 23.7 Å². The van der Waals surface area contributed by atoms with Gasteiger partial charge in [0.2, 0.25) is 8.32 Å². The first kappa shape index (κ1) is 17.5. The molecule has 0 aromatic rings. The van der Waals surface area contributed by atoms with Crippen molar-refractivity contribution in [3.8, 4) is 0 Å². The molecular weight excluding hydrogens is 360 g/mol. The monoisotopic (exact) mass is 384 g/mol. The quantitative estimate of drug-likeness (QED) is 0.286. The lowest BCUT2D eigenvalue weighted by Gasteiger charge is -2.38. The van der Waals surface area contributed by atoms with E-state index in [2.05, 4.69) is 54.8 Å². The van der Waals surface area contributed by atoms with Crippen LogP contribution in [0.4, 0.5) is 0 Å². The SMILES string of the molecule is C=C(Br)CC1=C[C@H]2C[C@@H]1C[C@]2(C(=C)O[Si](C)(C)C)C(=O)OC. The summed E-state index contributed by atoms with van der Waals surface area (Å²) in [6.07, 6.45) is 4.77. The first-order valence-corrected chi connectivity index (χ1v) is 11.8. The molecule has 2 aliphatic rings. The van der Waals surface area contributed by atoms with Crippen LogP contribution in [0.15, 0.2) is 35.0 Å². The fourth-order valence-electron chi connectivity index (χ4n) is 3.76. The average molecular weight is 385 g/mol. The first-order chi connectivity index (χ1) is 10.1. The summed E-state index contributed by atoms with van der Waals surface area (Å²) in [4.78, 5) is 12.6. The molecule has 3 nitrogen and oxygen atoms in total. The van der Waals surface area contributed by atoms with Crippen LogP contribution in [0.25, 0.3) is 0 Å². The number of hydrogen-bond donors (Lipinski definition) is 0. The molecule has 0 unspecified atom stereocenters. The molecule has 5 heteroatoms. The third kappa shape index (κ3) is 3.11. The second-order valence-electron chi connectivity index (χ2n) is 7.28. The van der Waals surface area contributed by atoms with E-state index in [0.29, 0.717) is 11.7 Å². The van der Waals surface area contributed by atoms with Crippen molar-refractivity contribution in [2.75, 3.05) is 7.11 Å². The topological polar surface area (TPSA) is 35.5 Å². The van der Waals surface area contributed by atoms with Crippen molar-refractivity contribution in [1.82, 2.24) is 0 Å². The Balaban J connectivity index is 2.32. The third-order valence-corrected chi connectivity index (χ3v) is 5.69. The number of hydrogen-bond acceptors (Lipinski definition) is 3. The second kappa shape index (κ2) is 6.00. The number of ether oxygens (including phenoxy) is 1. The van der Waals surface area contributed by atoms with Gasteiger partial charge in [-0.2, -0.15) is 0 Å². The Morgan fingerprint density at radius 1 is 1.45 bits per heavy atom. The van der Waals surface area contributed by atoms with E-state index in [-0.39, 0.29) is 11.9 Å². The van der Waals surface area contributed by atoms with Crippen LogP contribution in [0.3, 0.4) is 0 Å². The highest BCUT2D eigenvalue weighted by atomic mass is 79.9. The summed E-state index contributed by atoms with van der Waals surface area (Å²) in [6.45, 7) is 14.4. The smallest absolute Gasteiger partial charge is 0.320 e. The number of allylic oxidation sites excluding steroid dienone is 3. The van der Waals surface area contributed by atoms with Crippen LogP contribution in [0.2, 0.25) is 19.6 Å². The van der Waals surface area contributed by atoms with Crippen molar-refractivity contribution in [3.05, 3.63) is 35.0 Å². The fourth-order valence-corrected chi connectivity index (χ4v) is 5.00. The molecule has 0 amide bonds. The van der Waals surface area contributed by atoms with Gasteiger partial charge in [-0.3, -0.25) is 4.79 Å². The van der Waals surface area contributed by atoms with Crippen molar-refractivity contribution >= 4 is 30.2 Å². The van der Waals surface area contributed by atoms with E-state index in [4.69, 9.17) is 9.16 Å². The van der Waals surface area contributed by atoms with Gasteiger partial charge >= 0.3 is 5.97 Å².